The summed E-state index contributed by atoms with van der Waals surface area (Å²) in [6.07, 6.45) is 0. The Hall–Kier alpha value is -4.79. The lowest BCUT2D eigenvalue weighted by Crippen LogP contribution is -2.24. The van der Waals surface area contributed by atoms with Crippen molar-refractivity contribution in [2.75, 3.05) is 17.2 Å². The summed E-state index contributed by atoms with van der Waals surface area (Å²) in [5.74, 6) is -0.590. The molecule has 2 amide bonds. The first kappa shape index (κ1) is 23.4. The van der Waals surface area contributed by atoms with Crippen LogP contribution in [0.15, 0.2) is 89.7 Å². The average molecular weight is 472 g/mol. The van der Waals surface area contributed by atoms with E-state index in [4.69, 9.17) is 4.74 Å². The van der Waals surface area contributed by atoms with Gasteiger partial charge in [-0.2, -0.15) is 9.78 Å². The van der Waals surface area contributed by atoms with Crippen LogP contribution in [-0.4, -0.2) is 28.2 Å². The van der Waals surface area contributed by atoms with Crippen molar-refractivity contribution in [1.82, 2.24) is 9.78 Å². The van der Waals surface area contributed by atoms with Crippen LogP contribution in [0.4, 0.5) is 15.8 Å². The minimum Gasteiger partial charge on any atom is -0.494 e. The monoisotopic (exact) mass is 472 g/mol. The van der Waals surface area contributed by atoms with Crippen molar-refractivity contribution in [2.45, 2.75) is 6.92 Å². The molecule has 4 rings (SSSR count). The summed E-state index contributed by atoms with van der Waals surface area (Å²) >= 11 is 0. The van der Waals surface area contributed by atoms with Gasteiger partial charge in [0.15, 0.2) is 0 Å². The van der Waals surface area contributed by atoms with E-state index in [9.17, 15) is 18.8 Å². The number of anilines is 2. The van der Waals surface area contributed by atoms with Gasteiger partial charge in [-0.25, -0.2) is 4.39 Å². The summed E-state index contributed by atoms with van der Waals surface area (Å²) in [7, 11) is 0. The Balaban J connectivity index is 1.42. The number of carbonyl (C=O) groups excluding carboxylic acids is 2. The molecule has 0 atom stereocenters. The molecule has 2 N–H and O–H groups in total. The van der Waals surface area contributed by atoms with Crippen molar-refractivity contribution in [2.24, 2.45) is 0 Å². The third-order valence-corrected chi connectivity index (χ3v) is 4.93. The second-order valence-electron chi connectivity index (χ2n) is 7.39. The number of nitrogens with one attached hydrogen (secondary N) is 2. The summed E-state index contributed by atoms with van der Waals surface area (Å²) < 4.78 is 19.6. The number of hydrogen-bond donors (Lipinski definition) is 2. The van der Waals surface area contributed by atoms with Crippen molar-refractivity contribution < 1.29 is 18.7 Å². The lowest BCUT2D eigenvalue weighted by Gasteiger charge is -2.09. The predicted molar refractivity (Wildman–Crippen MR) is 130 cm³/mol. The van der Waals surface area contributed by atoms with E-state index < -0.39 is 17.3 Å². The Morgan fingerprint density at radius 2 is 1.43 bits per heavy atom. The van der Waals surface area contributed by atoms with Crippen LogP contribution in [0.1, 0.15) is 27.8 Å². The lowest BCUT2D eigenvalue weighted by molar-refractivity contribution is 0.101. The molecule has 0 spiro atoms. The molecule has 0 aliphatic heterocycles. The van der Waals surface area contributed by atoms with E-state index in [1.54, 1.807) is 48.5 Å². The van der Waals surface area contributed by atoms with Crippen LogP contribution >= 0.6 is 0 Å². The highest BCUT2D eigenvalue weighted by Gasteiger charge is 2.12. The van der Waals surface area contributed by atoms with Crippen LogP contribution in [-0.2, 0) is 0 Å². The fourth-order valence-electron chi connectivity index (χ4n) is 3.20. The number of benzene rings is 3. The van der Waals surface area contributed by atoms with E-state index >= 15 is 0 Å². The van der Waals surface area contributed by atoms with Gasteiger partial charge < -0.3 is 15.4 Å². The largest absolute Gasteiger partial charge is 0.494 e. The Morgan fingerprint density at radius 1 is 0.829 bits per heavy atom. The Kier molecular flexibility index (Phi) is 6.96. The zero-order chi connectivity index (χ0) is 24.8. The zero-order valence-corrected chi connectivity index (χ0v) is 18.7. The number of nitrogens with zero attached hydrogens (tertiary/aromatic N) is 2. The van der Waals surface area contributed by atoms with E-state index in [0.29, 0.717) is 35.0 Å². The molecule has 35 heavy (non-hydrogen) atoms. The maximum Gasteiger partial charge on any atom is 0.276 e. The van der Waals surface area contributed by atoms with Gasteiger partial charge in [0.1, 0.15) is 17.3 Å². The van der Waals surface area contributed by atoms with Crippen LogP contribution in [0.5, 0.6) is 5.75 Å². The highest BCUT2D eigenvalue weighted by atomic mass is 19.1. The van der Waals surface area contributed by atoms with Gasteiger partial charge in [-0.15, -0.1) is 0 Å². The van der Waals surface area contributed by atoms with Gasteiger partial charge in [-0.1, -0.05) is 0 Å². The van der Waals surface area contributed by atoms with Crippen molar-refractivity contribution in [3.8, 4) is 11.4 Å². The molecular formula is C26H21FN4O4. The van der Waals surface area contributed by atoms with Gasteiger partial charge in [0, 0.05) is 23.0 Å². The number of aromatic nitrogens is 2. The fraction of sp³-hybridized carbons (Fsp3) is 0.0769. The standard InChI is InChI=1S/C26H21FN4O4/c1-2-35-22-13-9-20(10-14-22)28-25(33)17-3-7-19(8-4-17)29-26(34)23-15-16-24(32)31(30-23)21-11-5-18(27)6-12-21/h3-16H,2H2,1H3,(H,28,33)(H,29,34). The van der Waals surface area contributed by atoms with Gasteiger partial charge in [-0.3, -0.25) is 14.4 Å². The smallest absolute Gasteiger partial charge is 0.276 e. The van der Waals surface area contributed by atoms with Crippen molar-refractivity contribution in [3.63, 3.8) is 0 Å². The quantitative estimate of drug-likeness (QED) is 0.418. The number of hydrogen-bond acceptors (Lipinski definition) is 5. The van der Waals surface area contributed by atoms with E-state index in [0.717, 1.165) is 4.68 Å². The summed E-state index contributed by atoms with van der Waals surface area (Å²) in [5, 5.41) is 9.55. The number of carbonyl (C=O) groups is 2. The summed E-state index contributed by atoms with van der Waals surface area (Å²) in [6, 6.07) is 21.0. The molecule has 1 aromatic heterocycles. The molecule has 3 aromatic carbocycles. The highest BCUT2D eigenvalue weighted by molar-refractivity contribution is 6.05. The molecule has 0 saturated carbocycles. The van der Waals surface area contributed by atoms with Gasteiger partial charge in [0.05, 0.1) is 12.3 Å². The molecule has 0 unspecified atom stereocenters. The number of amides is 2. The zero-order valence-electron chi connectivity index (χ0n) is 18.7. The Labute approximate surface area is 200 Å². The number of rotatable bonds is 7. The van der Waals surface area contributed by atoms with E-state index in [2.05, 4.69) is 15.7 Å². The Morgan fingerprint density at radius 3 is 2.06 bits per heavy atom. The predicted octanol–water partition coefficient (Wildman–Crippen LogP) is 4.27. The number of ether oxygens (including phenoxy) is 1. The SMILES string of the molecule is CCOc1ccc(NC(=O)c2ccc(NC(=O)c3ccc(=O)n(-c4ccc(F)cc4)n3)cc2)cc1. The van der Waals surface area contributed by atoms with Crippen molar-refractivity contribution in [1.29, 1.82) is 0 Å². The summed E-state index contributed by atoms with van der Waals surface area (Å²) in [6.45, 7) is 2.45. The van der Waals surface area contributed by atoms with Gasteiger partial charge >= 0.3 is 0 Å². The minimum atomic E-state index is -0.549. The molecule has 0 aliphatic carbocycles. The molecule has 176 valence electrons. The maximum absolute atomic E-state index is 13.2. The molecule has 0 saturated heterocycles. The third kappa shape index (κ3) is 5.77. The van der Waals surface area contributed by atoms with Crippen LogP contribution in [0.25, 0.3) is 5.69 Å². The fourth-order valence-corrected chi connectivity index (χ4v) is 3.20. The normalized spacial score (nSPS) is 10.5. The first-order valence-corrected chi connectivity index (χ1v) is 10.7. The van der Waals surface area contributed by atoms with Gasteiger partial charge in [0.25, 0.3) is 17.4 Å². The molecule has 1 heterocycles. The second-order valence-corrected chi connectivity index (χ2v) is 7.39. The molecule has 8 nitrogen and oxygen atoms in total. The summed E-state index contributed by atoms with van der Waals surface area (Å²) in [4.78, 5) is 37.3. The Bertz CT molecular complexity index is 1400. The van der Waals surface area contributed by atoms with Crippen molar-refractivity contribution in [3.05, 3.63) is 112 Å². The first-order valence-electron chi connectivity index (χ1n) is 10.7. The summed E-state index contributed by atoms with van der Waals surface area (Å²) in [5.41, 5.74) is 1.32. The van der Waals surface area contributed by atoms with E-state index in [-0.39, 0.29) is 11.6 Å². The number of halogens is 1. The topological polar surface area (TPSA) is 102 Å². The van der Waals surface area contributed by atoms with E-state index in [1.807, 2.05) is 6.92 Å². The average Bonchev–Trinajstić information content (AvgIpc) is 2.86. The van der Waals surface area contributed by atoms with E-state index in [1.165, 1.54) is 36.4 Å². The molecule has 0 aliphatic rings. The third-order valence-electron chi connectivity index (χ3n) is 4.93. The molecule has 0 fully saturated rings. The maximum atomic E-state index is 13.2. The van der Waals surface area contributed by atoms with Crippen LogP contribution < -0.4 is 20.9 Å². The van der Waals surface area contributed by atoms with Gasteiger partial charge in [-0.05, 0) is 85.8 Å². The second kappa shape index (κ2) is 10.4. The lowest BCUT2D eigenvalue weighted by atomic mass is 10.2. The molecule has 9 heteroatoms. The van der Waals surface area contributed by atoms with Crippen LogP contribution in [0.2, 0.25) is 0 Å². The van der Waals surface area contributed by atoms with Crippen LogP contribution in [0, 0.1) is 5.82 Å². The van der Waals surface area contributed by atoms with Gasteiger partial charge in [0.2, 0.25) is 0 Å². The molecule has 0 bridgehead atoms. The minimum absolute atomic E-state index is 0.00811. The first-order chi connectivity index (χ1) is 16.9. The van der Waals surface area contributed by atoms with Crippen LogP contribution in [0.3, 0.4) is 0 Å². The van der Waals surface area contributed by atoms with Crippen molar-refractivity contribution >= 4 is 23.2 Å². The molecule has 4 aromatic rings. The molecular weight excluding hydrogens is 451 g/mol. The highest BCUT2D eigenvalue weighted by Crippen LogP contribution is 2.17. The molecule has 0 radical (unpaired) electrons.